The zero-order valence-corrected chi connectivity index (χ0v) is 12.8. The molecule has 3 aromatic rings. The number of carboxylic acids is 1. The molecule has 0 aliphatic carbocycles. The molecule has 8 heteroatoms. The molecule has 1 amide bonds. The molecule has 0 bridgehead atoms. The number of carbonyl (C=O) groups is 3. The van der Waals surface area contributed by atoms with Gasteiger partial charge in [0.1, 0.15) is 5.52 Å². The number of nitrogens with zero attached hydrogens (tertiary/aromatic N) is 1. The van der Waals surface area contributed by atoms with Crippen LogP contribution in [0, 0.1) is 0 Å². The summed E-state index contributed by atoms with van der Waals surface area (Å²) in [6.07, 6.45) is 1.26. The lowest BCUT2D eigenvalue weighted by Gasteiger charge is -2.07. The molecule has 25 heavy (non-hydrogen) atoms. The number of aromatic nitrogens is 1. The van der Waals surface area contributed by atoms with E-state index in [0.717, 1.165) is 0 Å². The average molecular weight is 340 g/mol. The van der Waals surface area contributed by atoms with Gasteiger partial charge in [0.2, 0.25) is 0 Å². The highest BCUT2D eigenvalue weighted by Crippen LogP contribution is 2.15. The number of benzene rings is 2. The van der Waals surface area contributed by atoms with Crippen LogP contribution in [0.5, 0.6) is 0 Å². The first-order chi connectivity index (χ1) is 12.0. The lowest BCUT2D eigenvalue weighted by Crippen LogP contribution is -2.21. The molecular formula is C17H12N2O6. The summed E-state index contributed by atoms with van der Waals surface area (Å²) in [6, 6.07) is 10.3. The maximum atomic E-state index is 12.0. The van der Waals surface area contributed by atoms with Gasteiger partial charge in [-0.15, -0.1) is 0 Å². The van der Waals surface area contributed by atoms with Crippen LogP contribution in [0.4, 0.5) is 5.69 Å². The van der Waals surface area contributed by atoms with Crippen LogP contribution in [-0.4, -0.2) is 34.5 Å². The summed E-state index contributed by atoms with van der Waals surface area (Å²) in [5, 5.41) is 11.4. The number of carboxylic acid groups (broad SMARTS) is 1. The van der Waals surface area contributed by atoms with Gasteiger partial charge in [0.25, 0.3) is 5.91 Å². The fourth-order valence-corrected chi connectivity index (χ4v) is 2.12. The molecule has 2 aromatic carbocycles. The van der Waals surface area contributed by atoms with Gasteiger partial charge in [0.15, 0.2) is 18.6 Å². The molecule has 0 atom stereocenters. The highest BCUT2D eigenvalue weighted by atomic mass is 16.5. The second-order valence-electron chi connectivity index (χ2n) is 5.05. The van der Waals surface area contributed by atoms with Gasteiger partial charge in [-0.3, -0.25) is 4.79 Å². The van der Waals surface area contributed by atoms with E-state index in [1.807, 2.05) is 0 Å². The van der Waals surface area contributed by atoms with Crippen molar-refractivity contribution in [3.63, 3.8) is 0 Å². The minimum atomic E-state index is -1.11. The summed E-state index contributed by atoms with van der Waals surface area (Å²) in [5.74, 6) is -2.38. The molecule has 0 saturated heterocycles. The van der Waals surface area contributed by atoms with E-state index in [0.29, 0.717) is 16.8 Å². The van der Waals surface area contributed by atoms with E-state index in [2.05, 4.69) is 10.3 Å². The molecule has 1 aromatic heterocycles. The van der Waals surface area contributed by atoms with E-state index in [1.54, 1.807) is 6.07 Å². The number of anilines is 1. The number of hydrogen-bond donors (Lipinski definition) is 2. The number of esters is 1. The quantitative estimate of drug-likeness (QED) is 0.684. The molecule has 8 nitrogen and oxygen atoms in total. The molecule has 3 rings (SSSR count). The van der Waals surface area contributed by atoms with E-state index in [1.165, 1.54) is 42.8 Å². The van der Waals surface area contributed by atoms with Crippen LogP contribution in [-0.2, 0) is 9.53 Å². The Kier molecular flexibility index (Phi) is 4.42. The molecule has 1 heterocycles. The summed E-state index contributed by atoms with van der Waals surface area (Å²) in [4.78, 5) is 38.6. The van der Waals surface area contributed by atoms with Gasteiger partial charge in [-0.2, -0.15) is 0 Å². The highest BCUT2D eigenvalue weighted by molar-refractivity contribution is 5.97. The van der Waals surface area contributed by atoms with Crippen LogP contribution in [0.15, 0.2) is 53.3 Å². The first-order valence-electron chi connectivity index (χ1n) is 7.16. The summed E-state index contributed by atoms with van der Waals surface area (Å²) in [7, 11) is 0. The third-order valence-corrected chi connectivity index (χ3v) is 3.29. The van der Waals surface area contributed by atoms with Crippen LogP contribution in [0.25, 0.3) is 11.1 Å². The van der Waals surface area contributed by atoms with Crippen molar-refractivity contribution in [2.24, 2.45) is 0 Å². The summed E-state index contributed by atoms with van der Waals surface area (Å²) in [6.45, 7) is -0.509. The minimum Gasteiger partial charge on any atom is -0.478 e. The van der Waals surface area contributed by atoms with E-state index < -0.39 is 24.5 Å². The number of nitrogens with one attached hydrogen (secondary N) is 1. The number of ether oxygens (including phenoxy) is 1. The van der Waals surface area contributed by atoms with Crippen LogP contribution < -0.4 is 5.32 Å². The zero-order valence-electron chi connectivity index (χ0n) is 12.8. The first-order valence-corrected chi connectivity index (χ1v) is 7.16. The minimum absolute atomic E-state index is 0.0372. The molecule has 0 saturated carbocycles. The molecule has 126 valence electrons. The standard InChI is InChI=1S/C17H12N2O6/c20-15(19-12-3-1-2-10(6-12)16(21)22)8-24-17(23)11-4-5-13-14(7-11)25-9-18-13/h1-7,9H,8H2,(H,19,20)(H,21,22). The average Bonchev–Trinajstić information content (AvgIpc) is 3.07. The van der Waals surface area contributed by atoms with Crippen molar-refractivity contribution in [2.45, 2.75) is 0 Å². The van der Waals surface area contributed by atoms with Gasteiger partial charge >= 0.3 is 11.9 Å². The van der Waals surface area contributed by atoms with Crippen LogP contribution in [0.3, 0.4) is 0 Å². The Bertz CT molecular complexity index is 962. The highest BCUT2D eigenvalue weighted by Gasteiger charge is 2.13. The largest absolute Gasteiger partial charge is 0.478 e. The Balaban J connectivity index is 1.59. The molecule has 0 fully saturated rings. The van der Waals surface area contributed by atoms with E-state index in [9.17, 15) is 14.4 Å². The smallest absolute Gasteiger partial charge is 0.338 e. The lowest BCUT2D eigenvalue weighted by molar-refractivity contribution is -0.119. The predicted molar refractivity (Wildman–Crippen MR) is 86.3 cm³/mol. The number of amides is 1. The predicted octanol–water partition coefficient (Wildman–Crippen LogP) is 2.32. The van der Waals surface area contributed by atoms with Gasteiger partial charge in [0.05, 0.1) is 11.1 Å². The summed E-state index contributed by atoms with van der Waals surface area (Å²) < 4.78 is 10.0. The van der Waals surface area contributed by atoms with Gasteiger partial charge in [0, 0.05) is 5.69 Å². The van der Waals surface area contributed by atoms with Crippen molar-refractivity contribution < 1.29 is 28.6 Å². The fraction of sp³-hybridized carbons (Fsp3) is 0.0588. The summed E-state index contributed by atoms with van der Waals surface area (Å²) in [5.41, 5.74) is 1.60. The number of carbonyl (C=O) groups excluding carboxylic acids is 2. The van der Waals surface area contributed by atoms with Gasteiger partial charge in [-0.1, -0.05) is 6.07 Å². The van der Waals surface area contributed by atoms with Crippen molar-refractivity contribution in [1.82, 2.24) is 4.98 Å². The number of aromatic carboxylic acids is 1. The zero-order chi connectivity index (χ0) is 17.8. The lowest BCUT2D eigenvalue weighted by atomic mass is 10.2. The van der Waals surface area contributed by atoms with Crippen molar-refractivity contribution in [2.75, 3.05) is 11.9 Å². The fourth-order valence-electron chi connectivity index (χ4n) is 2.12. The topological polar surface area (TPSA) is 119 Å². The third kappa shape index (κ3) is 3.81. The Morgan fingerprint density at radius 1 is 1.12 bits per heavy atom. The maximum absolute atomic E-state index is 12.0. The third-order valence-electron chi connectivity index (χ3n) is 3.29. The van der Waals surface area contributed by atoms with E-state index in [4.69, 9.17) is 14.3 Å². The SMILES string of the molecule is O=C(COC(=O)c1ccc2ncoc2c1)Nc1cccc(C(=O)O)c1. The number of oxazole rings is 1. The number of fused-ring (bicyclic) bond motifs is 1. The van der Waals surface area contributed by atoms with E-state index in [-0.39, 0.29) is 11.1 Å². The molecule has 0 unspecified atom stereocenters. The molecule has 0 aliphatic heterocycles. The molecule has 0 spiro atoms. The Morgan fingerprint density at radius 3 is 2.76 bits per heavy atom. The van der Waals surface area contributed by atoms with Crippen LogP contribution >= 0.6 is 0 Å². The molecule has 0 radical (unpaired) electrons. The van der Waals surface area contributed by atoms with Gasteiger partial charge in [-0.05, 0) is 36.4 Å². The Morgan fingerprint density at radius 2 is 1.96 bits per heavy atom. The molecule has 2 N–H and O–H groups in total. The van der Waals surface area contributed by atoms with Gasteiger partial charge < -0.3 is 19.6 Å². The molecular weight excluding hydrogens is 328 g/mol. The van der Waals surface area contributed by atoms with E-state index >= 15 is 0 Å². The first kappa shape index (κ1) is 16.2. The summed E-state index contributed by atoms with van der Waals surface area (Å²) >= 11 is 0. The van der Waals surface area contributed by atoms with Gasteiger partial charge in [-0.25, -0.2) is 14.6 Å². The van der Waals surface area contributed by atoms with Crippen LogP contribution in [0.2, 0.25) is 0 Å². The van der Waals surface area contributed by atoms with Crippen molar-refractivity contribution in [3.8, 4) is 0 Å². The number of rotatable bonds is 5. The second kappa shape index (κ2) is 6.83. The Hall–Kier alpha value is -3.68. The Labute approximate surface area is 141 Å². The van der Waals surface area contributed by atoms with Crippen molar-refractivity contribution in [1.29, 1.82) is 0 Å². The van der Waals surface area contributed by atoms with Crippen molar-refractivity contribution >= 4 is 34.6 Å². The monoisotopic (exact) mass is 340 g/mol. The second-order valence-corrected chi connectivity index (χ2v) is 5.05. The normalized spacial score (nSPS) is 10.4. The molecule has 0 aliphatic rings. The number of hydrogen-bond acceptors (Lipinski definition) is 6. The van der Waals surface area contributed by atoms with Crippen LogP contribution in [0.1, 0.15) is 20.7 Å². The van der Waals surface area contributed by atoms with Crippen molar-refractivity contribution in [3.05, 3.63) is 60.0 Å². The maximum Gasteiger partial charge on any atom is 0.338 e.